The highest BCUT2D eigenvalue weighted by Crippen LogP contribution is 2.23. The van der Waals surface area contributed by atoms with E-state index < -0.39 is 6.10 Å². The Morgan fingerprint density at radius 2 is 1.72 bits per heavy atom. The lowest BCUT2D eigenvalue weighted by Crippen LogP contribution is -2.45. The predicted molar refractivity (Wildman–Crippen MR) is 124 cm³/mol. The lowest BCUT2D eigenvalue weighted by molar-refractivity contribution is -0.115. The summed E-state index contributed by atoms with van der Waals surface area (Å²) in [6, 6.07) is 22.7. The summed E-state index contributed by atoms with van der Waals surface area (Å²) in [7, 11) is 2.08. The highest BCUT2D eigenvalue weighted by molar-refractivity contribution is 5.15. The van der Waals surface area contributed by atoms with Crippen molar-refractivity contribution in [2.24, 2.45) is 0 Å². The maximum absolute atomic E-state index is 10.4. The van der Waals surface area contributed by atoms with E-state index in [0.29, 0.717) is 19.5 Å². The molecule has 6 heteroatoms. The molecule has 1 saturated heterocycles. The van der Waals surface area contributed by atoms with E-state index in [0.717, 1.165) is 37.4 Å². The fourth-order valence-corrected chi connectivity index (χ4v) is 4.21. The Labute approximate surface area is 190 Å². The van der Waals surface area contributed by atoms with Gasteiger partial charge in [-0.3, -0.25) is 4.90 Å². The van der Waals surface area contributed by atoms with Crippen molar-refractivity contribution in [2.45, 2.75) is 57.2 Å². The number of nitrogens with zero attached hydrogens (tertiary/aromatic N) is 2. The number of hydrogen-bond donors (Lipinski definition) is 2. The molecule has 0 saturated carbocycles. The van der Waals surface area contributed by atoms with Crippen LogP contribution in [0.15, 0.2) is 71.3 Å². The molecule has 3 aromatic rings. The highest BCUT2D eigenvalue weighted by atomic mass is 16.5. The molecule has 0 amide bonds. The van der Waals surface area contributed by atoms with Crippen LogP contribution in [0.1, 0.15) is 35.4 Å². The van der Waals surface area contributed by atoms with Gasteiger partial charge in [-0.15, -0.1) is 0 Å². The average Bonchev–Trinajstić information content (AvgIpc) is 3.23. The molecule has 32 heavy (non-hydrogen) atoms. The topological polar surface area (TPSA) is 70.8 Å². The third-order valence-corrected chi connectivity index (χ3v) is 5.86. The van der Waals surface area contributed by atoms with Crippen LogP contribution in [0.2, 0.25) is 0 Å². The van der Waals surface area contributed by atoms with Crippen LogP contribution in [0.5, 0.6) is 0 Å². The molecule has 3 unspecified atom stereocenters. The summed E-state index contributed by atoms with van der Waals surface area (Å²) in [5.74, 6) is 0.857. The molecule has 4 rings (SSSR count). The van der Waals surface area contributed by atoms with Gasteiger partial charge < -0.3 is 19.7 Å². The number of hydrogen-bond acceptors (Lipinski definition) is 6. The number of aliphatic hydroxyl groups is 1. The minimum atomic E-state index is -0.436. The van der Waals surface area contributed by atoms with Crippen LogP contribution in [0, 0.1) is 0 Å². The van der Waals surface area contributed by atoms with Crippen molar-refractivity contribution in [3.05, 3.63) is 89.3 Å². The number of rotatable bonds is 10. The molecule has 2 heterocycles. The summed E-state index contributed by atoms with van der Waals surface area (Å²) >= 11 is 0. The van der Waals surface area contributed by atoms with Crippen LogP contribution in [-0.2, 0) is 30.8 Å². The zero-order valence-electron chi connectivity index (χ0n) is 18.7. The Morgan fingerprint density at radius 3 is 2.47 bits per heavy atom. The second-order valence-corrected chi connectivity index (χ2v) is 8.70. The standard InChI is InChI=1S/C26H33N3O3/c1-29(18-21-10-6-3-7-11-21)19-24-15-22(28-32-24)14-23-12-13-25(30)26(31-23)17-27-16-20-8-4-2-5-9-20/h2-11,15,23,25-27,30H,12-14,16-19H2,1H3. The van der Waals surface area contributed by atoms with Crippen LogP contribution in [0.25, 0.3) is 0 Å². The van der Waals surface area contributed by atoms with E-state index in [1.807, 2.05) is 30.3 Å². The molecular weight excluding hydrogens is 402 g/mol. The molecule has 0 spiro atoms. The minimum Gasteiger partial charge on any atom is -0.390 e. The van der Waals surface area contributed by atoms with Gasteiger partial charge in [0.1, 0.15) is 0 Å². The Kier molecular flexibility index (Phi) is 8.07. The molecule has 0 radical (unpaired) electrons. The molecular formula is C26H33N3O3. The third-order valence-electron chi connectivity index (χ3n) is 5.86. The van der Waals surface area contributed by atoms with Crippen molar-refractivity contribution >= 4 is 0 Å². The molecule has 2 aromatic carbocycles. The number of aliphatic hydroxyl groups excluding tert-OH is 1. The van der Waals surface area contributed by atoms with E-state index in [-0.39, 0.29) is 12.2 Å². The third kappa shape index (κ3) is 6.74. The Bertz CT molecular complexity index is 932. The molecule has 1 aliphatic rings. The van der Waals surface area contributed by atoms with Crippen LogP contribution >= 0.6 is 0 Å². The number of ether oxygens (including phenoxy) is 1. The molecule has 2 N–H and O–H groups in total. The Hall–Kier alpha value is -2.51. The first kappa shape index (κ1) is 22.7. The van der Waals surface area contributed by atoms with E-state index in [1.54, 1.807) is 0 Å². The molecule has 170 valence electrons. The largest absolute Gasteiger partial charge is 0.390 e. The molecule has 1 aliphatic heterocycles. The van der Waals surface area contributed by atoms with Crippen LogP contribution in [0.4, 0.5) is 0 Å². The Balaban J connectivity index is 1.23. The molecule has 0 bridgehead atoms. The first-order valence-corrected chi connectivity index (χ1v) is 11.4. The van der Waals surface area contributed by atoms with Crippen LogP contribution < -0.4 is 5.32 Å². The van der Waals surface area contributed by atoms with Gasteiger partial charge in [0.05, 0.1) is 30.6 Å². The van der Waals surface area contributed by atoms with Gasteiger partial charge in [0, 0.05) is 32.1 Å². The van der Waals surface area contributed by atoms with Crippen molar-refractivity contribution in [1.82, 2.24) is 15.4 Å². The lowest BCUT2D eigenvalue weighted by Gasteiger charge is -2.34. The second-order valence-electron chi connectivity index (χ2n) is 8.70. The van der Waals surface area contributed by atoms with Crippen molar-refractivity contribution in [2.75, 3.05) is 13.6 Å². The summed E-state index contributed by atoms with van der Waals surface area (Å²) in [6.45, 7) is 2.96. The SMILES string of the molecule is CN(Cc1ccccc1)Cc1cc(CC2CCC(O)C(CNCc3ccccc3)O2)no1. The van der Waals surface area contributed by atoms with E-state index in [4.69, 9.17) is 9.26 Å². The molecule has 1 aromatic heterocycles. The van der Waals surface area contributed by atoms with Gasteiger partial charge in [-0.1, -0.05) is 65.8 Å². The van der Waals surface area contributed by atoms with E-state index in [9.17, 15) is 5.11 Å². The van der Waals surface area contributed by atoms with Gasteiger partial charge in [0.25, 0.3) is 0 Å². The number of aromatic nitrogens is 1. The average molecular weight is 436 g/mol. The van der Waals surface area contributed by atoms with Gasteiger partial charge in [-0.05, 0) is 31.0 Å². The smallest absolute Gasteiger partial charge is 0.150 e. The summed E-state index contributed by atoms with van der Waals surface area (Å²) in [4.78, 5) is 2.21. The minimum absolute atomic E-state index is 0.0434. The van der Waals surface area contributed by atoms with Crippen LogP contribution in [0.3, 0.4) is 0 Å². The summed E-state index contributed by atoms with van der Waals surface area (Å²) < 4.78 is 11.8. The number of nitrogens with one attached hydrogen (secondary N) is 1. The lowest BCUT2D eigenvalue weighted by atomic mass is 9.98. The maximum atomic E-state index is 10.4. The van der Waals surface area contributed by atoms with Gasteiger partial charge >= 0.3 is 0 Å². The molecule has 0 aliphatic carbocycles. The highest BCUT2D eigenvalue weighted by Gasteiger charge is 2.30. The first-order chi connectivity index (χ1) is 15.7. The van der Waals surface area contributed by atoms with E-state index in [2.05, 4.69) is 58.8 Å². The molecule has 1 fully saturated rings. The van der Waals surface area contributed by atoms with Crippen molar-refractivity contribution in [3.8, 4) is 0 Å². The first-order valence-electron chi connectivity index (χ1n) is 11.4. The quantitative estimate of drug-likeness (QED) is 0.508. The van der Waals surface area contributed by atoms with Gasteiger partial charge in [0.2, 0.25) is 0 Å². The number of benzene rings is 2. The summed E-state index contributed by atoms with van der Waals surface area (Å²) in [5, 5.41) is 18.0. The second kappa shape index (κ2) is 11.4. The van der Waals surface area contributed by atoms with E-state index >= 15 is 0 Å². The predicted octanol–water partition coefficient (Wildman–Crippen LogP) is 3.55. The molecule has 6 nitrogen and oxygen atoms in total. The zero-order valence-corrected chi connectivity index (χ0v) is 18.7. The van der Waals surface area contributed by atoms with Crippen molar-refractivity contribution < 1.29 is 14.4 Å². The zero-order chi connectivity index (χ0) is 22.2. The van der Waals surface area contributed by atoms with Crippen LogP contribution in [-0.4, -0.2) is 47.1 Å². The van der Waals surface area contributed by atoms with Crippen molar-refractivity contribution in [3.63, 3.8) is 0 Å². The summed E-state index contributed by atoms with van der Waals surface area (Å²) in [6.07, 6.45) is 1.67. The summed E-state index contributed by atoms with van der Waals surface area (Å²) in [5.41, 5.74) is 3.41. The van der Waals surface area contributed by atoms with Crippen molar-refractivity contribution in [1.29, 1.82) is 0 Å². The van der Waals surface area contributed by atoms with E-state index in [1.165, 1.54) is 11.1 Å². The molecule has 3 atom stereocenters. The Morgan fingerprint density at radius 1 is 1.00 bits per heavy atom. The fourth-order valence-electron chi connectivity index (χ4n) is 4.21. The monoisotopic (exact) mass is 435 g/mol. The normalized spacial score (nSPS) is 21.2. The maximum Gasteiger partial charge on any atom is 0.150 e. The van der Waals surface area contributed by atoms with Gasteiger partial charge in [0.15, 0.2) is 5.76 Å². The van der Waals surface area contributed by atoms with Gasteiger partial charge in [-0.2, -0.15) is 0 Å². The fraction of sp³-hybridized carbons (Fsp3) is 0.423. The van der Waals surface area contributed by atoms with Gasteiger partial charge in [-0.25, -0.2) is 0 Å².